The Kier molecular flexibility index (Phi) is 4.14. The monoisotopic (exact) mass is 98.1 g/mol. The highest BCUT2D eigenvalue weighted by molar-refractivity contribution is 5.75. The van der Waals surface area contributed by atoms with E-state index in [1.807, 2.05) is 0 Å². The Labute approximate surface area is 45.8 Å². The fourth-order valence-corrected chi connectivity index (χ4v) is 0.516. The lowest BCUT2D eigenvalue weighted by Gasteiger charge is -2.10. The van der Waals surface area contributed by atoms with Crippen LogP contribution < -0.4 is 5.32 Å². The molecule has 3 heteroatoms. The second-order valence-corrected chi connectivity index (χ2v) is 1.36. The van der Waals surface area contributed by atoms with Gasteiger partial charge < -0.3 is 10.1 Å². The van der Waals surface area contributed by atoms with Gasteiger partial charge in [0.15, 0.2) is 0 Å². The van der Waals surface area contributed by atoms with E-state index >= 15 is 0 Å². The largest absolute Gasteiger partial charge is 0.379 e. The Balaban J connectivity index is 0.000000360. The maximum atomic E-state index is 5.01. The quantitative estimate of drug-likeness (QED) is 0.401. The van der Waals surface area contributed by atoms with Crippen LogP contribution in [0.15, 0.2) is 0 Å². The van der Waals surface area contributed by atoms with Crippen molar-refractivity contribution in [3.05, 3.63) is 0 Å². The number of rotatable bonds is 0. The van der Waals surface area contributed by atoms with E-state index in [4.69, 9.17) is 4.74 Å². The third-order valence-electron chi connectivity index (χ3n) is 0.846. The molecular weight excluding hydrogens is 88.9 g/mol. The van der Waals surface area contributed by atoms with Gasteiger partial charge in [0, 0.05) is 21.5 Å². The molecule has 39 valence electrons. The minimum Gasteiger partial charge on any atom is -0.379 e. The van der Waals surface area contributed by atoms with Crippen LogP contribution in [0.1, 0.15) is 0 Å². The lowest BCUT2D eigenvalue weighted by molar-refractivity contribution is 0.109. The second-order valence-electron chi connectivity index (χ2n) is 1.36. The average Bonchev–Trinajstić information content (AvgIpc) is 1.72. The van der Waals surface area contributed by atoms with Gasteiger partial charge in [-0.15, -0.1) is 0 Å². The van der Waals surface area contributed by atoms with Crippen LogP contribution in [0.3, 0.4) is 0 Å². The first-order chi connectivity index (χ1) is 3.00. The van der Waals surface area contributed by atoms with Crippen molar-refractivity contribution >= 4 is 8.41 Å². The van der Waals surface area contributed by atoms with Gasteiger partial charge in [-0.05, 0) is 0 Å². The maximum Gasteiger partial charge on any atom is 0.0591 e. The molecule has 0 aliphatic carbocycles. The van der Waals surface area contributed by atoms with E-state index in [1.54, 1.807) is 0 Å². The molecule has 1 N–H and O–H groups in total. The van der Waals surface area contributed by atoms with Crippen molar-refractivity contribution in [2.45, 2.75) is 0 Å². The Morgan fingerprint density at radius 1 is 1.14 bits per heavy atom. The minimum absolute atomic E-state index is 0. The predicted molar refractivity (Wildman–Crippen MR) is 29.4 cm³/mol. The molecule has 1 fully saturated rings. The fraction of sp³-hybridized carbons (Fsp3) is 1.00. The normalized spacial score (nSPS) is 20.6. The highest BCUT2D eigenvalue weighted by atomic mass is 16.5. The van der Waals surface area contributed by atoms with Gasteiger partial charge in [-0.3, -0.25) is 0 Å². The van der Waals surface area contributed by atoms with Gasteiger partial charge in [-0.1, -0.05) is 0 Å². The molecule has 1 saturated heterocycles. The topological polar surface area (TPSA) is 21.3 Å². The van der Waals surface area contributed by atoms with Crippen LogP contribution in [0.25, 0.3) is 0 Å². The molecule has 0 amide bonds. The van der Waals surface area contributed by atoms with E-state index in [0.717, 1.165) is 26.3 Å². The molecule has 0 unspecified atom stereocenters. The summed E-state index contributed by atoms with van der Waals surface area (Å²) in [5.74, 6) is 0. The van der Waals surface area contributed by atoms with Gasteiger partial charge in [0.25, 0.3) is 0 Å². The first kappa shape index (κ1) is 6.98. The summed E-state index contributed by atoms with van der Waals surface area (Å²) in [5.41, 5.74) is 0. The lowest BCUT2D eigenvalue weighted by Crippen LogP contribution is -2.30. The second kappa shape index (κ2) is 4.15. The number of ether oxygens (including phenoxy) is 1. The van der Waals surface area contributed by atoms with Crippen molar-refractivity contribution in [2.75, 3.05) is 26.3 Å². The molecule has 2 nitrogen and oxygen atoms in total. The summed E-state index contributed by atoms with van der Waals surface area (Å²) in [6.07, 6.45) is 0. The molecule has 7 heavy (non-hydrogen) atoms. The molecule has 0 aromatic heterocycles. The summed E-state index contributed by atoms with van der Waals surface area (Å²) < 4.78 is 5.01. The van der Waals surface area contributed by atoms with Crippen LogP contribution in [0.4, 0.5) is 0 Å². The molecule has 1 aliphatic heterocycles. The summed E-state index contributed by atoms with van der Waals surface area (Å²) >= 11 is 0. The zero-order chi connectivity index (χ0) is 4.24. The molecule has 1 aliphatic rings. The van der Waals surface area contributed by atoms with Gasteiger partial charge in [0.1, 0.15) is 0 Å². The lowest BCUT2D eigenvalue weighted by atomic mass is 10.5. The van der Waals surface area contributed by atoms with E-state index in [1.165, 1.54) is 0 Å². The minimum atomic E-state index is 0. The van der Waals surface area contributed by atoms with Gasteiger partial charge in [-0.25, -0.2) is 0 Å². The molecule has 0 aromatic carbocycles. The summed E-state index contributed by atoms with van der Waals surface area (Å²) in [4.78, 5) is 0. The zero-order valence-corrected chi connectivity index (χ0v) is 4.31. The van der Waals surface area contributed by atoms with Crippen molar-refractivity contribution < 1.29 is 4.74 Å². The Morgan fingerprint density at radius 3 is 1.86 bits per heavy atom. The molecule has 0 saturated carbocycles. The van der Waals surface area contributed by atoms with E-state index in [9.17, 15) is 0 Å². The van der Waals surface area contributed by atoms with E-state index in [0.29, 0.717) is 0 Å². The average molecular weight is 97.9 g/mol. The fourth-order valence-electron chi connectivity index (χ4n) is 0.516. The summed E-state index contributed by atoms with van der Waals surface area (Å²) in [5, 5.41) is 3.16. The van der Waals surface area contributed by atoms with Crippen molar-refractivity contribution in [1.29, 1.82) is 0 Å². The highest BCUT2D eigenvalue weighted by Crippen LogP contribution is 1.76. The number of morpholine rings is 1. The standard InChI is InChI=1S/C4H9NO.B/c1-3-6-4-2-5-1;/h5H,1-4H2;. The number of nitrogens with one attached hydrogen (secondary N) is 1. The highest BCUT2D eigenvalue weighted by Gasteiger charge is 1.92. The van der Waals surface area contributed by atoms with Crippen molar-refractivity contribution in [1.82, 2.24) is 5.32 Å². The number of hydrogen-bond donors (Lipinski definition) is 1. The first-order valence-corrected chi connectivity index (χ1v) is 2.28. The van der Waals surface area contributed by atoms with Gasteiger partial charge in [0.05, 0.1) is 13.2 Å². The maximum absolute atomic E-state index is 5.01. The molecular formula is C4H9BNO. The van der Waals surface area contributed by atoms with E-state index in [2.05, 4.69) is 5.32 Å². The Bertz CT molecular complexity index is 27.2. The summed E-state index contributed by atoms with van der Waals surface area (Å²) in [6.45, 7) is 3.83. The Morgan fingerprint density at radius 2 is 1.71 bits per heavy atom. The third kappa shape index (κ3) is 2.65. The molecule has 1 heterocycles. The SMILES string of the molecule is C1COCCN1.[B]. The molecule has 0 spiro atoms. The predicted octanol–water partition coefficient (Wildman–Crippen LogP) is -0.775. The van der Waals surface area contributed by atoms with Crippen molar-refractivity contribution in [3.63, 3.8) is 0 Å². The molecule has 3 radical (unpaired) electrons. The van der Waals surface area contributed by atoms with Crippen molar-refractivity contribution in [2.24, 2.45) is 0 Å². The van der Waals surface area contributed by atoms with Crippen LogP contribution in [-0.4, -0.2) is 34.7 Å². The van der Waals surface area contributed by atoms with E-state index in [-0.39, 0.29) is 8.41 Å². The molecule has 0 atom stereocenters. The molecule has 0 aromatic rings. The van der Waals surface area contributed by atoms with Crippen molar-refractivity contribution in [3.8, 4) is 0 Å². The van der Waals surface area contributed by atoms with Crippen LogP contribution >= 0.6 is 0 Å². The first-order valence-electron chi connectivity index (χ1n) is 2.28. The van der Waals surface area contributed by atoms with Crippen LogP contribution in [0.5, 0.6) is 0 Å². The summed E-state index contributed by atoms with van der Waals surface area (Å²) in [6, 6.07) is 0. The number of hydrogen-bond acceptors (Lipinski definition) is 2. The van der Waals surface area contributed by atoms with Crippen LogP contribution in [0, 0.1) is 0 Å². The van der Waals surface area contributed by atoms with E-state index < -0.39 is 0 Å². The van der Waals surface area contributed by atoms with Crippen LogP contribution in [0.2, 0.25) is 0 Å². The molecule has 0 bridgehead atoms. The van der Waals surface area contributed by atoms with Gasteiger partial charge >= 0.3 is 0 Å². The third-order valence-corrected chi connectivity index (χ3v) is 0.846. The van der Waals surface area contributed by atoms with Gasteiger partial charge in [-0.2, -0.15) is 0 Å². The molecule has 1 rings (SSSR count). The summed E-state index contributed by atoms with van der Waals surface area (Å²) in [7, 11) is 0. The Hall–Kier alpha value is -0.0151. The smallest absolute Gasteiger partial charge is 0.0591 e. The zero-order valence-electron chi connectivity index (χ0n) is 4.31. The van der Waals surface area contributed by atoms with Gasteiger partial charge in [0.2, 0.25) is 0 Å². The van der Waals surface area contributed by atoms with Crippen LogP contribution in [-0.2, 0) is 4.74 Å².